The number of hydrogen-bond acceptors (Lipinski definition) is 2. The smallest absolute Gasteiger partial charge is 0.219 e. The van der Waals surface area contributed by atoms with Crippen LogP contribution in [0.15, 0.2) is 18.2 Å². The average molecular weight is 232 g/mol. The van der Waals surface area contributed by atoms with Gasteiger partial charge in [0.1, 0.15) is 0 Å². The Morgan fingerprint density at radius 2 is 2.12 bits per heavy atom. The molecule has 1 aliphatic rings. The lowest BCUT2D eigenvalue weighted by Gasteiger charge is -2.28. The summed E-state index contributed by atoms with van der Waals surface area (Å²) in [6.45, 7) is 7.51. The fourth-order valence-electron chi connectivity index (χ4n) is 2.24. The van der Waals surface area contributed by atoms with Gasteiger partial charge in [0.05, 0.1) is 0 Å². The third-order valence-electron chi connectivity index (χ3n) is 3.12. The van der Waals surface area contributed by atoms with E-state index in [0.29, 0.717) is 6.04 Å². The first kappa shape index (κ1) is 12.0. The summed E-state index contributed by atoms with van der Waals surface area (Å²) in [5.41, 5.74) is 3.82. The summed E-state index contributed by atoms with van der Waals surface area (Å²) >= 11 is 0. The lowest BCUT2D eigenvalue weighted by atomic mass is 9.99. The summed E-state index contributed by atoms with van der Waals surface area (Å²) in [6, 6.07) is 6.90. The first-order chi connectivity index (χ1) is 8.06. The van der Waals surface area contributed by atoms with Crippen molar-refractivity contribution in [3.63, 3.8) is 0 Å². The lowest BCUT2D eigenvalue weighted by Crippen LogP contribution is -2.34. The molecule has 3 nitrogen and oxygen atoms in total. The molecule has 3 heteroatoms. The predicted octanol–water partition coefficient (Wildman–Crippen LogP) is 2.41. The topological polar surface area (TPSA) is 32.3 Å². The zero-order chi connectivity index (χ0) is 12.4. The number of fused-ring (bicyclic) bond motifs is 1. The zero-order valence-electron chi connectivity index (χ0n) is 10.8. The highest BCUT2D eigenvalue weighted by Crippen LogP contribution is 2.23. The second-order valence-corrected chi connectivity index (χ2v) is 4.97. The van der Waals surface area contributed by atoms with E-state index >= 15 is 0 Å². The van der Waals surface area contributed by atoms with Crippen molar-refractivity contribution in [2.75, 3.05) is 11.9 Å². The second-order valence-electron chi connectivity index (χ2n) is 4.97. The van der Waals surface area contributed by atoms with Crippen LogP contribution >= 0.6 is 0 Å². The fourth-order valence-corrected chi connectivity index (χ4v) is 2.24. The maximum Gasteiger partial charge on any atom is 0.219 e. The van der Waals surface area contributed by atoms with E-state index in [2.05, 4.69) is 37.4 Å². The molecule has 0 aromatic heterocycles. The SMILES string of the molecule is CC(=O)N1CCc2cc(NC(C)C)ccc2C1. The van der Waals surface area contributed by atoms with Gasteiger partial charge in [0.2, 0.25) is 5.91 Å². The van der Waals surface area contributed by atoms with Crippen LogP contribution in [-0.2, 0) is 17.8 Å². The molecular weight excluding hydrogens is 212 g/mol. The largest absolute Gasteiger partial charge is 0.383 e. The van der Waals surface area contributed by atoms with Gasteiger partial charge in [0.15, 0.2) is 0 Å². The van der Waals surface area contributed by atoms with E-state index in [0.717, 1.165) is 19.5 Å². The number of rotatable bonds is 2. The van der Waals surface area contributed by atoms with Crippen LogP contribution < -0.4 is 5.32 Å². The Hall–Kier alpha value is -1.51. The first-order valence-corrected chi connectivity index (χ1v) is 6.20. The van der Waals surface area contributed by atoms with Crippen molar-refractivity contribution in [1.82, 2.24) is 4.90 Å². The van der Waals surface area contributed by atoms with Gasteiger partial charge < -0.3 is 10.2 Å². The van der Waals surface area contributed by atoms with E-state index in [-0.39, 0.29) is 5.91 Å². The molecule has 0 aliphatic carbocycles. The number of anilines is 1. The Balaban J connectivity index is 2.16. The maximum absolute atomic E-state index is 11.3. The molecule has 17 heavy (non-hydrogen) atoms. The van der Waals surface area contributed by atoms with E-state index in [1.807, 2.05) is 4.90 Å². The number of benzene rings is 1. The molecule has 0 saturated carbocycles. The standard InChI is InChI=1S/C14H20N2O/c1-10(2)15-14-5-4-13-9-16(11(3)17)7-6-12(13)8-14/h4-5,8,10,15H,6-7,9H2,1-3H3. The van der Waals surface area contributed by atoms with Crippen LogP contribution in [0.4, 0.5) is 5.69 Å². The molecule has 0 spiro atoms. The molecule has 1 N–H and O–H groups in total. The maximum atomic E-state index is 11.3. The van der Waals surface area contributed by atoms with Crippen molar-refractivity contribution in [1.29, 1.82) is 0 Å². The third-order valence-corrected chi connectivity index (χ3v) is 3.12. The minimum atomic E-state index is 0.167. The van der Waals surface area contributed by atoms with E-state index in [4.69, 9.17) is 0 Å². The van der Waals surface area contributed by atoms with Crippen molar-refractivity contribution in [3.05, 3.63) is 29.3 Å². The summed E-state index contributed by atoms with van der Waals surface area (Å²) in [4.78, 5) is 13.2. The van der Waals surface area contributed by atoms with Gasteiger partial charge in [-0.05, 0) is 43.5 Å². The molecule has 1 aromatic carbocycles. The molecule has 1 aliphatic heterocycles. The molecule has 0 atom stereocenters. The van der Waals surface area contributed by atoms with Crippen LogP contribution in [0.1, 0.15) is 31.9 Å². The molecule has 2 rings (SSSR count). The first-order valence-electron chi connectivity index (χ1n) is 6.20. The molecule has 1 aromatic rings. The van der Waals surface area contributed by atoms with Crippen LogP contribution in [0.25, 0.3) is 0 Å². The van der Waals surface area contributed by atoms with Crippen molar-refractivity contribution in [3.8, 4) is 0 Å². The number of amides is 1. The molecule has 0 bridgehead atoms. The van der Waals surface area contributed by atoms with Crippen LogP contribution in [-0.4, -0.2) is 23.4 Å². The quantitative estimate of drug-likeness (QED) is 0.849. The Kier molecular flexibility index (Phi) is 3.36. The van der Waals surface area contributed by atoms with Gasteiger partial charge in [-0.3, -0.25) is 4.79 Å². The number of carbonyl (C=O) groups excluding carboxylic acids is 1. The van der Waals surface area contributed by atoms with Gasteiger partial charge in [-0.25, -0.2) is 0 Å². The van der Waals surface area contributed by atoms with Gasteiger partial charge in [-0.1, -0.05) is 6.07 Å². The highest BCUT2D eigenvalue weighted by atomic mass is 16.2. The molecule has 0 saturated heterocycles. The minimum absolute atomic E-state index is 0.167. The second kappa shape index (κ2) is 4.78. The Labute approximate surface area is 103 Å². The molecule has 0 unspecified atom stereocenters. The molecule has 92 valence electrons. The van der Waals surface area contributed by atoms with E-state index < -0.39 is 0 Å². The number of nitrogens with one attached hydrogen (secondary N) is 1. The van der Waals surface area contributed by atoms with Crippen molar-refractivity contribution < 1.29 is 4.79 Å². The monoisotopic (exact) mass is 232 g/mol. The Morgan fingerprint density at radius 1 is 1.35 bits per heavy atom. The van der Waals surface area contributed by atoms with Crippen molar-refractivity contribution in [2.24, 2.45) is 0 Å². The summed E-state index contributed by atoms with van der Waals surface area (Å²) in [6.07, 6.45) is 0.961. The highest BCUT2D eigenvalue weighted by Gasteiger charge is 2.18. The number of nitrogens with zero attached hydrogens (tertiary/aromatic N) is 1. The number of hydrogen-bond donors (Lipinski definition) is 1. The molecule has 0 fully saturated rings. The van der Waals surface area contributed by atoms with Gasteiger partial charge >= 0.3 is 0 Å². The molecule has 1 heterocycles. The van der Waals surface area contributed by atoms with Crippen LogP contribution in [0.5, 0.6) is 0 Å². The fraction of sp³-hybridized carbons (Fsp3) is 0.500. The van der Waals surface area contributed by atoms with Crippen LogP contribution in [0.3, 0.4) is 0 Å². The summed E-state index contributed by atoms with van der Waals surface area (Å²) in [5.74, 6) is 0.167. The summed E-state index contributed by atoms with van der Waals surface area (Å²) < 4.78 is 0. The zero-order valence-corrected chi connectivity index (χ0v) is 10.8. The van der Waals surface area contributed by atoms with Crippen molar-refractivity contribution >= 4 is 11.6 Å². The summed E-state index contributed by atoms with van der Waals surface area (Å²) in [5, 5.41) is 3.41. The van der Waals surface area contributed by atoms with Gasteiger partial charge in [0, 0.05) is 31.7 Å². The molecular formula is C14H20N2O. The van der Waals surface area contributed by atoms with E-state index in [9.17, 15) is 4.79 Å². The number of carbonyl (C=O) groups is 1. The highest BCUT2D eigenvalue weighted by molar-refractivity contribution is 5.73. The van der Waals surface area contributed by atoms with Crippen LogP contribution in [0.2, 0.25) is 0 Å². The van der Waals surface area contributed by atoms with Gasteiger partial charge in [0.25, 0.3) is 0 Å². The molecule has 0 radical (unpaired) electrons. The van der Waals surface area contributed by atoms with E-state index in [1.165, 1.54) is 16.8 Å². The normalized spacial score (nSPS) is 14.7. The van der Waals surface area contributed by atoms with Crippen LogP contribution in [0, 0.1) is 0 Å². The van der Waals surface area contributed by atoms with Crippen molar-refractivity contribution in [2.45, 2.75) is 39.8 Å². The average Bonchev–Trinajstić information content (AvgIpc) is 2.27. The Morgan fingerprint density at radius 3 is 2.76 bits per heavy atom. The minimum Gasteiger partial charge on any atom is -0.383 e. The molecule has 1 amide bonds. The Bertz CT molecular complexity index is 426. The van der Waals surface area contributed by atoms with Gasteiger partial charge in [-0.2, -0.15) is 0 Å². The van der Waals surface area contributed by atoms with E-state index in [1.54, 1.807) is 6.92 Å². The lowest BCUT2D eigenvalue weighted by molar-refractivity contribution is -0.129. The van der Waals surface area contributed by atoms with Gasteiger partial charge in [-0.15, -0.1) is 0 Å². The predicted molar refractivity (Wildman–Crippen MR) is 70.0 cm³/mol. The third kappa shape index (κ3) is 2.78. The summed E-state index contributed by atoms with van der Waals surface area (Å²) in [7, 11) is 0.